The maximum Gasteiger partial charge on any atom is 0.337 e. The number of amides is 1. The molecule has 5 nitrogen and oxygen atoms in total. The van der Waals surface area contributed by atoms with E-state index in [9.17, 15) is 18.4 Å². The Morgan fingerprint density at radius 3 is 2.43 bits per heavy atom. The molecule has 2 aromatic rings. The summed E-state index contributed by atoms with van der Waals surface area (Å²) in [4.78, 5) is 22.9. The molecule has 0 saturated carbocycles. The third kappa shape index (κ3) is 3.14. The highest BCUT2D eigenvalue weighted by molar-refractivity contribution is 6.07. The SMILES string of the molecule is Nc1ccc(C(=O)Nc2cc(F)ccc2C(=O)O)cc1F. The van der Waals surface area contributed by atoms with E-state index in [1.807, 2.05) is 0 Å². The second-order valence-corrected chi connectivity index (χ2v) is 4.19. The first-order valence-corrected chi connectivity index (χ1v) is 5.77. The normalized spacial score (nSPS) is 10.2. The van der Waals surface area contributed by atoms with Gasteiger partial charge in [0.05, 0.1) is 16.9 Å². The maximum atomic E-state index is 13.3. The fourth-order valence-electron chi connectivity index (χ4n) is 1.67. The third-order valence-electron chi connectivity index (χ3n) is 2.72. The molecule has 0 aromatic heterocycles. The molecule has 1 amide bonds. The van der Waals surface area contributed by atoms with Gasteiger partial charge in [0, 0.05) is 5.56 Å². The van der Waals surface area contributed by atoms with Crippen molar-refractivity contribution in [1.29, 1.82) is 0 Å². The van der Waals surface area contributed by atoms with E-state index in [0.29, 0.717) is 0 Å². The molecule has 0 aliphatic heterocycles. The Morgan fingerprint density at radius 1 is 1.10 bits per heavy atom. The minimum Gasteiger partial charge on any atom is -0.478 e. The molecule has 0 saturated heterocycles. The zero-order valence-electron chi connectivity index (χ0n) is 10.6. The number of nitrogens with two attached hydrogens (primary N) is 1. The molecule has 0 fully saturated rings. The lowest BCUT2D eigenvalue weighted by Crippen LogP contribution is -2.15. The molecule has 7 heteroatoms. The van der Waals surface area contributed by atoms with Gasteiger partial charge in [-0.3, -0.25) is 4.79 Å². The lowest BCUT2D eigenvalue weighted by molar-refractivity contribution is 0.0698. The van der Waals surface area contributed by atoms with Crippen LogP contribution in [0.25, 0.3) is 0 Å². The minimum atomic E-state index is -1.33. The summed E-state index contributed by atoms with van der Waals surface area (Å²) >= 11 is 0. The Labute approximate surface area is 118 Å². The van der Waals surface area contributed by atoms with E-state index in [-0.39, 0.29) is 22.5 Å². The van der Waals surface area contributed by atoms with Gasteiger partial charge < -0.3 is 16.2 Å². The molecule has 0 radical (unpaired) electrons. The first-order chi connectivity index (χ1) is 9.88. The molecule has 21 heavy (non-hydrogen) atoms. The van der Waals surface area contributed by atoms with Crippen LogP contribution in [0.15, 0.2) is 36.4 Å². The molecule has 0 bridgehead atoms. The van der Waals surface area contributed by atoms with Gasteiger partial charge in [0.15, 0.2) is 0 Å². The van der Waals surface area contributed by atoms with Crippen molar-refractivity contribution < 1.29 is 23.5 Å². The number of halogens is 2. The van der Waals surface area contributed by atoms with E-state index < -0.39 is 23.5 Å². The first-order valence-electron chi connectivity index (χ1n) is 5.77. The van der Waals surface area contributed by atoms with E-state index in [1.165, 1.54) is 12.1 Å². The van der Waals surface area contributed by atoms with Crippen molar-refractivity contribution in [2.75, 3.05) is 11.1 Å². The molecule has 0 aliphatic rings. The molecule has 108 valence electrons. The van der Waals surface area contributed by atoms with Gasteiger partial charge in [0.1, 0.15) is 11.6 Å². The third-order valence-corrected chi connectivity index (χ3v) is 2.72. The largest absolute Gasteiger partial charge is 0.478 e. The highest BCUT2D eigenvalue weighted by Gasteiger charge is 2.15. The van der Waals surface area contributed by atoms with E-state index in [1.54, 1.807) is 0 Å². The van der Waals surface area contributed by atoms with Crippen LogP contribution in [0.4, 0.5) is 20.2 Å². The van der Waals surface area contributed by atoms with Crippen LogP contribution in [0.2, 0.25) is 0 Å². The number of carbonyl (C=O) groups is 2. The summed E-state index contributed by atoms with van der Waals surface area (Å²) in [6.45, 7) is 0. The van der Waals surface area contributed by atoms with Crippen LogP contribution in [0.3, 0.4) is 0 Å². The van der Waals surface area contributed by atoms with Crippen molar-refractivity contribution in [3.63, 3.8) is 0 Å². The first kappa shape index (κ1) is 14.4. The molecular weight excluding hydrogens is 282 g/mol. The van der Waals surface area contributed by atoms with Crippen molar-refractivity contribution in [2.24, 2.45) is 0 Å². The summed E-state index contributed by atoms with van der Waals surface area (Å²) in [7, 11) is 0. The summed E-state index contributed by atoms with van der Waals surface area (Å²) < 4.78 is 26.5. The summed E-state index contributed by atoms with van der Waals surface area (Å²) in [6, 6.07) is 6.24. The van der Waals surface area contributed by atoms with Crippen LogP contribution in [0.5, 0.6) is 0 Å². The number of hydrogen-bond donors (Lipinski definition) is 3. The molecule has 0 heterocycles. The highest BCUT2D eigenvalue weighted by atomic mass is 19.1. The Hall–Kier alpha value is -2.96. The fourth-order valence-corrected chi connectivity index (χ4v) is 1.67. The summed E-state index contributed by atoms with van der Waals surface area (Å²) in [6.07, 6.45) is 0. The molecule has 0 spiro atoms. The Bertz CT molecular complexity index is 732. The fraction of sp³-hybridized carbons (Fsp3) is 0. The van der Waals surface area contributed by atoms with Crippen LogP contribution in [0, 0.1) is 11.6 Å². The number of carboxylic acids is 1. The Kier molecular flexibility index (Phi) is 3.84. The topological polar surface area (TPSA) is 92.4 Å². The van der Waals surface area contributed by atoms with Gasteiger partial charge in [-0.15, -0.1) is 0 Å². The number of aromatic carboxylic acids is 1. The summed E-state index contributed by atoms with van der Waals surface area (Å²) in [5.74, 6) is -3.59. The van der Waals surface area contributed by atoms with Gasteiger partial charge in [-0.25, -0.2) is 13.6 Å². The predicted octanol–water partition coefficient (Wildman–Crippen LogP) is 2.50. The lowest BCUT2D eigenvalue weighted by Gasteiger charge is -2.09. The molecule has 4 N–H and O–H groups in total. The van der Waals surface area contributed by atoms with Crippen molar-refractivity contribution in [3.05, 3.63) is 59.2 Å². The Morgan fingerprint density at radius 2 is 1.81 bits per heavy atom. The van der Waals surface area contributed by atoms with Crippen LogP contribution < -0.4 is 11.1 Å². The summed E-state index contributed by atoms with van der Waals surface area (Å²) in [5, 5.41) is 11.2. The standard InChI is InChI=1S/C14H10F2N2O3/c15-8-2-3-9(14(20)21)12(6-8)18-13(19)7-1-4-11(17)10(16)5-7/h1-6H,17H2,(H,18,19)(H,20,21). The molecule has 0 atom stereocenters. The molecule has 0 unspecified atom stereocenters. The highest BCUT2D eigenvalue weighted by Crippen LogP contribution is 2.19. The molecule has 2 rings (SSSR count). The Balaban J connectivity index is 2.33. The van der Waals surface area contributed by atoms with E-state index in [2.05, 4.69) is 5.32 Å². The smallest absolute Gasteiger partial charge is 0.337 e. The van der Waals surface area contributed by atoms with Crippen molar-refractivity contribution in [1.82, 2.24) is 0 Å². The number of carbonyl (C=O) groups excluding carboxylic acids is 1. The molecular formula is C14H10F2N2O3. The van der Waals surface area contributed by atoms with Gasteiger partial charge in [-0.1, -0.05) is 0 Å². The number of benzene rings is 2. The number of nitrogen functional groups attached to an aromatic ring is 1. The van der Waals surface area contributed by atoms with Gasteiger partial charge in [-0.2, -0.15) is 0 Å². The predicted molar refractivity (Wildman–Crippen MR) is 72.1 cm³/mol. The number of hydrogen-bond acceptors (Lipinski definition) is 3. The molecule has 2 aromatic carbocycles. The summed E-state index contributed by atoms with van der Waals surface area (Å²) in [5.41, 5.74) is 4.61. The van der Waals surface area contributed by atoms with Gasteiger partial charge in [0.25, 0.3) is 5.91 Å². The number of rotatable bonds is 3. The number of nitrogens with one attached hydrogen (secondary N) is 1. The zero-order chi connectivity index (χ0) is 15.6. The average Bonchev–Trinajstić information content (AvgIpc) is 2.41. The van der Waals surface area contributed by atoms with Crippen LogP contribution >= 0.6 is 0 Å². The van der Waals surface area contributed by atoms with E-state index in [4.69, 9.17) is 10.8 Å². The molecule has 0 aliphatic carbocycles. The lowest BCUT2D eigenvalue weighted by atomic mass is 10.1. The maximum absolute atomic E-state index is 13.3. The van der Waals surface area contributed by atoms with Gasteiger partial charge in [-0.05, 0) is 36.4 Å². The number of anilines is 2. The van der Waals surface area contributed by atoms with Crippen molar-refractivity contribution in [3.8, 4) is 0 Å². The van der Waals surface area contributed by atoms with Gasteiger partial charge >= 0.3 is 5.97 Å². The average molecular weight is 292 g/mol. The monoisotopic (exact) mass is 292 g/mol. The van der Waals surface area contributed by atoms with Crippen molar-refractivity contribution >= 4 is 23.3 Å². The second kappa shape index (κ2) is 5.58. The van der Waals surface area contributed by atoms with Crippen LogP contribution in [-0.2, 0) is 0 Å². The van der Waals surface area contributed by atoms with Crippen LogP contribution in [0.1, 0.15) is 20.7 Å². The zero-order valence-corrected chi connectivity index (χ0v) is 10.6. The van der Waals surface area contributed by atoms with E-state index >= 15 is 0 Å². The number of carboxylic acid groups (broad SMARTS) is 1. The van der Waals surface area contributed by atoms with Gasteiger partial charge in [0.2, 0.25) is 0 Å². The minimum absolute atomic E-state index is 0.0673. The van der Waals surface area contributed by atoms with Crippen molar-refractivity contribution in [2.45, 2.75) is 0 Å². The second-order valence-electron chi connectivity index (χ2n) is 4.19. The quantitative estimate of drug-likeness (QED) is 0.758. The van der Waals surface area contributed by atoms with Crippen LogP contribution in [-0.4, -0.2) is 17.0 Å². The van der Waals surface area contributed by atoms with E-state index in [0.717, 1.165) is 24.3 Å².